The van der Waals surface area contributed by atoms with E-state index in [9.17, 15) is 4.79 Å². The Morgan fingerprint density at radius 1 is 1.20 bits per heavy atom. The Kier molecular flexibility index (Phi) is 4.45. The standard InChI is InChI=1S/C16H21N3O/c1-13-7-8-14(12-15(13)18(2)3)17-9-11-19-10-5-4-6-16(19)20/h4-8,10,12,17H,9,11H2,1-3H3. The lowest BCUT2D eigenvalue weighted by Crippen LogP contribution is -2.22. The van der Waals surface area contributed by atoms with E-state index in [-0.39, 0.29) is 5.56 Å². The van der Waals surface area contributed by atoms with Gasteiger partial charge in [-0.3, -0.25) is 4.79 Å². The SMILES string of the molecule is Cc1ccc(NCCn2ccccc2=O)cc1N(C)C. The summed E-state index contributed by atoms with van der Waals surface area (Å²) < 4.78 is 1.70. The van der Waals surface area contributed by atoms with Crippen molar-refractivity contribution in [2.75, 3.05) is 30.9 Å². The van der Waals surface area contributed by atoms with E-state index in [0.29, 0.717) is 6.54 Å². The van der Waals surface area contributed by atoms with E-state index in [1.807, 2.05) is 26.4 Å². The van der Waals surface area contributed by atoms with E-state index in [1.165, 1.54) is 11.3 Å². The molecule has 1 aromatic carbocycles. The van der Waals surface area contributed by atoms with Gasteiger partial charge in [0, 0.05) is 50.8 Å². The molecule has 1 N–H and O–H groups in total. The van der Waals surface area contributed by atoms with Crippen LogP contribution in [0.25, 0.3) is 0 Å². The number of hydrogen-bond acceptors (Lipinski definition) is 3. The number of nitrogens with one attached hydrogen (secondary N) is 1. The minimum Gasteiger partial charge on any atom is -0.383 e. The molecule has 0 radical (unpaired) electrons. The highest BCUT2D eigenvalue weighted by Gasteiger charge is 2.02. The molecule has 0 spiro atoms. The van der Waals surface area contributed by atoms with Crippen LogP contribution in [0.15, 0.2) is 47.4 Å². The molecule has 1 aromatic heterocycles. The van der Waals surface area contributed by atoms with Crippen molar-refractivity contribution >= 4 is 11.4 Å². The summed E-state index contributed by atoms with van der Waals surface area (Å²) in [5.74, 6) is 0. The van der Waals surface area contributed by atoms with E-state index in [2.05, 4.69) is 35.3 Å². The van der Waals surface area contributed by atoms with Gasteiger partial charge in [-0.2, -0.15) is 0 Å². The van der Waals surface area contributed by atoms with Gasteiger partial charge in [-0.25, -0.2) is 0 Å². The van der Waals surface area contributed by atoms with Gasteiger partial charge in [-0.05, 0) is 30.7 Å². The average molecular weight is 271 g/mol. The largest absolute Gasteiger partial charge is 0.383 e. The fourth-order valence-corrected chi connectivity index (χ4v) is 2.17. The summed E-state index contributed by atoms with van der Waals surface area (Å²) in [6, 6.07) is 11.5. The summed E-state index contributed by atoms with van der Waals surface area (Å²) in [7, 11) is 4.07. The van der Waals surface area contributed by atoms with E-state index < -0.39 is 0 Å². The van der Waals surface area contributed by atoms with Gasteiger partial charge in [0.2, 0.25) is 0 Å². The quantitative estimate of drug-likeness (QED) is 0.907. The highest BCUT2D eigenvalue weighted by atomic mass is 16.1. The molecule has 0 fully saturated rings. The summed E-state index contributed by atoms with van der Waals surface area (Å²) in [4.78, 5) is 13.7. The van der Waals surface area contributed by atoms with Crippen molar-refractivity contribution < 1.29 is 0 Å². The minimum atomic E-state index is 0.0344. The molecule has 2 rings (SSSR count). The zero-order valence-electron chi connectivity index (χ0n) is 12.3. The molecule has 0 bridgehead atoms. The number of rotatable bonds is 5. The van der Waals surface area contributed by atoms with E-state index >= 15 is 0 Å². The predicted octanol–water partition coefficient (Wildman–Crippen LogP) is 2.33. The second-order valence-electron chi connectivity index (χ2n) is 5.05. The fraction of sp³-hybridized carbons (Fsp3) is 0.312. The second kappa shape index (κ2) is 6.28. The first-order chi connectivity index (χ1) is 9.58. The Morgan fingerprint density at radius 3 is 2.70 bits per heavy atom. The number of nitrogens with zero attached hydrogens (tertiary/aromatic N) is 2. The van der Waals surface area contributed by atoms with Gasteiger partial charge in [-0.15, -0.1) is 0 Å². The lowest BCUT2D eigenvalue weighted by atomic mass is 10.1. The van der Waals surface area contributed by atoms with Crippen LogP contribution in [0, 0.1) is 6.92 Å². The predicted molar refractivity (Wildman–Crippen MR) is 84.7 cm³/mol. The van der Waals surface area contributed by atoms with Crippen molar-refractivity contribution in [1.82, 2.24) is 4.57 Å². The molecule has 0 aliphatic rings. The van der Waals surface area contributed by atoms with E-state index in [1.54, 1.807) is 16.7 Å². The van der Waals surface area contributed by atoms with E-state index in [0.717, 1.165) is 12.2 Å². The van der Waals surface area contributed by atoms with Crippen molar-refractivity contribution in [3.8, 4) is 0 Å². The molecule has 0 atom stereocenters. The highest BCUT2D eigenvalue weighted by molar-refractivity contribution is 5.61. The zero-order chi connectivity index (χ0) is 14.5. The molecule has 0 saturated carbocycles. The molecule has 0 aliphatic heterocycles. The topological polar surface area (TPSA) is 37.3 Å². The first-order valence-corrected chi connectivity index (χ1v) is 6.75. The molecule has 0 aliphatic carbocycles. The van der Waals surface area contributed by atoms with Crippen LogP contribution in [0.1, 0.15) is 5.56 Å². The van der Waals surface area contributed by atoms with Gasteiger partial charge in [-0.1, -0.05) is 12.1 Å². The van der Waals surface area contributed by atoms with E-state index in [4.69, 9.17) is 0 Å². The van der Waals surface area contributed by atoms with Crippen LogP contribution in [0.2, 0.25) is 0 Å². The van der Waals surface area contributed by atoms with Crippen molar-refractivity contribution in [3.63, 3.8) is 0 Å². The maximum atomic E-state index is 11.6. The maximum Gasteiger partial charge on any atom is 0.250 e. The van der Waals surface area contributed by atoms with Gasteiger partial charge < -0.3 is 14.8 Å². The minimum absolute atomic E-state index is 0.0344. The highest BCUT2D eigenvalue weighted by Crippen LogP contribution is 2.22. The van der Waals surface area contributed by atoms with Gasteiger partial charge in [0.25, 0.3) is 5.56 Å². The van der Waals surface area contributed by atoms with Crippen LogP contribution >= 0.6 is 0 Å². The molecular formula is C16H21N3O. The maximum absolute atomic E-state index is 11.6. The van der Waals surface area contributed by atoms with Crippen LogP contribution in [0.5, 0.6) is 0 Å². The van der Waals surface area contributed by atoms with Crippen molar-refractivity contribution in [1.29, 1.82) is 0 Å². The average Bonchev–Trinajstić information content (AvgIpc) is 2.42. The smallest absolute Gasteiger partial charge is 0.250 e. The number of anilines is 2. The summed E-state index contributed by atoms with van der Waals surface area (Å²) in [6.45, 7) is 3.48. The van der Waals surface area contributed by atoms with Gasteiger partial charge in [0.15, 0.2) is 0 Å². The lowest BCUT2D eigenvalue weighted by molar-refractivity contribution is 0.697. The molecule has 106 valence electrons. The number of aryl methyl sites for hydroxylation is 1. The fourth-order valence-electron chi connectivity index (χ4n) is 2.17. The Morgan fingerprint density at radius 2 is 2.00 bits per heavy atom. The first-order valence-electron chi connectivity index (χ1n) is 6.75. The number of aromatic nitrogens is 1. The molecule has 1 heterocycles. The van der Waals surface area contributed by atoms with Crippen LogP contribution in [0.4, 0.5) is 11.4 Å². The Labute approximate surface area is 119 Å². The van der Waals surface area contributed by atoms with Crippen molar-refractivity contribution in [3.05, 3.63) is 58.5 Å². The van der Waals surface area contributed by atoms with Gasteiger partial charge >= 0.3 is 0 Å². The molecule has 0 unspecified atom stereocenters. The summed E-state index contributed by atoms with van der Waals surface area (Å²) >= 11 is 0. The number of hydrogen-bond donors (Lipinski definition) is 1. The van der Waals surface area contributed by atoms with Crippen LogP contribution < -0.4 is 15.8 Å². The van der Waals surface area contributed by atoms with Gasteiger partial charge in [0.1, 0.15) is 0 Å². The van der Waals surface area contributed by atoms with Crippen molar-refractivity contribution in [2.45, 2.75) is 13.5 Å². The molecule has 0 saturated heterocycles. The molecule has 4 heteroatoms. The third-order valence-corrected chi connectivity index (χ3v) is 3.27. The lowest BCUT2D eigenvalue weighted by Gasteiger charge is -2.17. The summed E-state index contributed by atoms with van der Waals surface area (Å²) in [6.07, 6.45) is 1.81. The Balaban J connectivity index is 2.00. The third kappa shape index (κ3) is 3.41. The van der Waals surface area contributed by atoms with Crippen LogP contribution in [-0.2, 0) is 6.54 Å². The Bertz CT molecular complexity index is 632. The molecule has 20 heavy (non-hydrogen) atoms. The summed E-state index contributed by atoms with van der Waals surface area (Å²) in [5, 5.41) is 3.36. The first kappa shape index (κ1) is 14.2. The van der Waals surface area contributed by atoms with Crippen LogP contribution in [0.3, 0.4) is 0 Å². The monoisotopic (exact) mass is 271 g/mol. The molecule has 0 amide bonds. The van der Waals surface area contributed by atoms with Crippen molar-refractivity contribution in [2.24, 2.45) is 0 Å². The molecular weight excluding hydrogens is 250 g/mol. The zero-order valence-corrected chi connectivity index (χ0v) is 12.3. The van der Waals surface area contributed by atoms with Gasteiger partial charge in [0.05, 0.1) is 0 Å². The number of pyridine rings is 1. The summed E-state index contributed by atoms with van der Waals surface area (Å²) in [5.41, 5.74) is 3.56. The Hall–Kier alpha value is -2.23. The normalized spacial score (nSPS) is 10.3. The number of benzene rings is 1. The second-order valence-corrected chi connectivity index (χ2v) is 5.05. The van der Waals surface area contributed by atoms with Crippen LogP contribution in [-0.4, -0.2) is 25.2 Å². The molecule has 2 aromatic rings. The third-order valence-electron chi connectivity index (χ3n) is 3.27. The molecule has 4 nitrogen and oxygen atoms in total.